The molecule has 0 spiro atoms. The van der Waals surface area contributed by atoms with Crippen molar-refractivity contribution in [2.75, 3.05) is 0 Å². The van der Waals surface area contributed by atoms with E-state index in [0.29, 0.717) is 5.02 Å². The maximum atomic E-state index is 11.8. The third-order valence-electron chi connectivity index (χ3n) is 3.13. The van der Waals surface area contributed by atoms with Crippen molar-refractivity contribution in [3.8, 4) is 0 Å². The average Bonchev–Trinajstić information content (AvgIpc) is 2.74. The minimum Gasteiger partial charge on any atom is -0.461 e. The summed E-state index contributed by atoms with van der Waals surface area (Å²) in [4.78, 5) is 11.8. The Morgan fingerprint density at radius 2 is 2.18 bits per heavy atom. The highest BCUT2D eigenvalue weighted by atomic mass is 35.5. The van der Waals surface area contributed by atoms with E-state index in [4.69, 9.17) is 22.1 Å². The first-order valence-corrected chi connectivity index (χ1v) is 6.20. The van der Waals surface area contributed by atoms with Crippen molar-refractivity contribution in [1.82, 2.24) is 0 Å². The van der Waals surface area contributed by atoms with Crippen molar-refractivity contribution in [3.63, 3.8) is 0 Å². The van der Waals surface area contributed by atoms with Crippen molar-refractivity contribution in [3.05, 3.63) is 34.9 Å². The second-order valence-corrected chi connectivity index (χ2v) is 4.88. The van der Waals surface area contributed by atoms with Gasteiger partial charge in [-0.3, -0.25) is 4.79 Å². The van der Waals surface area contributed by atoms with Gasteiger partial charge in [-0.1, -0.05) is 29.8 Å². The van der Waals surface area contributed by atoms with E-state index in [1.165, 1.54) is 0 Å². The monoisotopic (exact) mass is 253 g/mol. The Hall–Kier alpha value is -1.06. The normalized spacial score (nSPS) is 23.6. The first-order valence-electron chi connectivity index (χ1n) is 5.82. The maximum absolute atomic E-state index is 11.8. The van der Waals surface area contributed by atoms with Crippen LogP contribution >= 0.6 is 11.6 Å². The third kappa shape index (κ3) is 3.20. The zero-order valence-electron chi connectivity index (χ0n) is 9.56. The lowest BCUT2D eigenvalue weighted by atomic mass is 10.1. The van der Waals surface area contributed by atoms with E-state index < -0.39 is 0 Å². The molecule has 4 heteroatoms. The summed E-state index contributed by atoms with van der Waals surface area (Å²) in [5.41, 5.74) is 6.60. The standard InChI is InChI=1S/C13H16ClNO2/c14-12-4-2-1-3-10(12)8-17-13(16)9-5-6-11(15)7-9/h1-4,9,11H,5-8,15H2. The lowest BCUT2D eigenvalue weighted by Crippen LogP contribution is -2.19. The molecular formula is C13H16ClNO2. The molecule has 2 N–H and O–H groups in total. The average molecular weight is 254 g/mol. The van der Waals surface area contributed by atoms with E-state index >= 15 is 0 Å². The predicted molar refractivity (Wildman–Crippen MR) is 66.6 cm³/mol. The van der Waals surface area contributed by atoms with Crippen molar-refractivity contribution >= 4 is 17.6 Å². The van der Waals surface area contributed by atoms with Crippen LogP contribution < -0.4 is 5.73 Å². The van der Waals surface area contributed by atoms with Crippen molar-refractivity contribution in [2.45, 2.75) is 31.9 Å². The molecule has 0 aromatic heterocycles. The van der Waals surface area contributed by atoms with Crippen LogP contribution in [0.25, 0.3) is 0 Å². The fourth-order valence-electron chi connectivity index (χ4n) is 2.11. The molecule has 0 radical (unpaired) electrons. The molecule has 1 aromatic rings. The number of carbonyl (C=O) groups excluding carboxylic acids is 1. The number of hydrogen-bond donors (Lipinski definition) is 1. The van der Waals surface area contributed by atoms with Gasteiger partial charge in [0.15, 0.2) is 0 Å². The second-order valence-electron chi connectivity index (χ2n) is 4.47. The molecule has 0 saturated heterocycles. The molecule has 2 unspecified atom stereocenters. The fourth-order valence-corrected chi connectivity index (χ4v) is 2.30. The van der Waals surface area contributed by atoms with Gasteiger partial charge in [-0.05, 0) is 25.3 Å². The van der Waals surface area contributed by atoms with Gasteiger partial charge >= 0.3 is 5.97 Å². The highest BCUT2D eigenvalue weighted by molar-refractivity contribution is 6.31. The highest BCUT2D eigenvalue weighted by Gasteiger charge is 2.28. The van der Waals surface area contributed by atoms with E-state index in [9.17, 15) is 4.79 Å². The van der Waals surface area contributed by atoms with Crippen molar-refractivity contribution < 1.29 is 9.53 Å². The molecule has 1 aromatic carbocycles. The Morgan fingerprint density at radius 1 is 1.41 bits per heavy atom. The van der Waals surface area contributed by atoms with E-state index in [-0.39, 0.29) is 24.5 Å². The quantitative estimate of drug-likeness (QED) is 0.842. The molecule has 0 aliphatic heterocycles. The van der Waals surface area contributed by atoms with Gasteiger partial charge in [-0.2, -0.15) is 0 Å². The number of hydrogen-bond acceptors (Lipinski definition) is 3. The first kappa shape index (κ1) is 12.4. The Balaban J connectivity index is 1.86. The summed E-state index contributed by atoms with van der Waals surface area (Å²) in [5.74, 6) is -0.189. The second kappa shape index (κ2) is 5.52. The van der Waals surface area contributed by atoms with Crippen LogP contribution in [0.4, 0.5) is 0 Å². The van der Waals surface area contributed by atoms with Crippen LogP contribution in [0.1, 0.15) is 24.8 Å². The van der Waals surface area contributed by atoms with Crippen molar-refractivity contribution in [1.29, 1.82) is 0 Å². The van der Waals surface area contributed by atoms with Crippen LogP contribution in [0.2, 0.25) is 5.02 Å². The number of nitrogens with two attached hydrogens (primary N) is 1. The van der Waals surface area contributed by atoms with E-state index in [1.807, 2.05) is 18.2 Å². The van der Waals surface area contributed by atoms with Crippen LogP contribution in [0, 0.1) is 5.92 Å². The van der Waals surface area contributed by atoms with Crippen LogP contribution in [0.5, 0.6) is 0 Å². The van der Waals surface area contributed by atoms with E-state index in [2.05, 4.69) is 0 Å². The molecular weight excluding hydrogens is 238 g/mol. The summed E-state index contributed by atoms with van der Waals surface area (Å²) in [5, 5.41) is 0.628. The summed E-state index contributed by atoms with van der Waals surface area (Å²) < 4.78 is 5.26. The molecule has 1 aliphatic carbocycles. The summed E-state index contributed by atoms with van der Waals surface area (Å²) in [6.07, 6.45) is 2.48. The third-order valence-corrected chi connectivity index (χ3v) is 3.50. The van der Waals surface area contributed by atoms with Gasteiger partial charge in [0, 0.05) is 16.6 Å². The van der Waals surface area contributed by atoms with E-state index in [1.54, 1.807) is 6.07 Å². The topological polar surface area (TPSA) is 52.3 Å². The molecule has 1 saturated carbocycles. The van der Waals surface area contributed by atoms with Gasteiger partial charge in [-0.25, -0.2) is 0 Å². The molecule has 0 bridgehead atoms. The molecule has 2 rings (SSSR count). The predicted octanol–water partition coefficient (Wildman–Crippen LogP) is 2.51. The smallest absolute Gasteiger partial charge is 0.309 e. The lowest BCUT2D eigenvalue weighted by molar-refractivity contribution is -0.149. The molecule has 0 amide bonds. The molecule has 3 nitrogen and oxygen atoms in total. The van der Waals surface area contributed by atoms with Gasteiger partial charge in [0.1, 0.15) is 6.61 Å². The fraction of sp³-hybridized carbons (Fsp3) is 0.462. The maximum Gasteiger partial charge on any atom is 0.309 e. The number of esters is 1. The first-order chi connectivity index (χ1) is 8.16. The van der Waals surface area contributed by atoms with Crippen molar-refractivity contribution in [2.24, 2.45) is 11.7 Å². The number of benzene rings is 1. The van der Waals surface area contributed by atoms with Crippen LogP contribution in [-0.4, -0.2) is 12.0 Å². The van der Waals surface area contributed by atoms with Gasteiger partial charge in [0.25, 0.3) is 0 Å². The number of rotatable bonds is 3. The summed E-state index contributed by atoms with van der Waals surface area (Å²) in [7, 11) is 0. The van der Waals surface area contributed by atoms with Gasteiger partial charge in [-0.15, -0.1) is 0 Å². The van der Waals surface area contributed by atoms with Gasteiger partial charge < -0.3 is 10.5 Å². The molecule has 0 heterocycles. The molecule has 17 heavy (non-hydrogen) atoms. The van der Waals surface area contributed by atoms with Crippen LogP contribution in [0.15, 0.2) is 24.3 Å². The summed E-state index contributed by atoms with van der Waals surface area (Å²) in [6.45, 7) is 0.240. The molecule has 2 atom stereocenters. The molecule has 1 aliphatic rings. The number of carbonyl (C=O) groups is 1. The largest absolute Gasteiger partial charge is 0.461 e. The SMILES string of the molecule is NC1CCC(C(=O)OCc2ccccc2Cl)C1. The van der Waals surface area contributed by atoms with E-state index in [0.717, 1.165) is 24.8 Å². The van der Waals surface area contributed by atoms with Crippen LogP contribution in [-0.2, 0) is 16.1 Å². The Bertz CT molecular complexity index is 408. The number of ether oxygens (including phenoxy) is 1. The highest BCUT2D eigenvalue weighted by Crippen LogP contribution is 2.26. The molecule has 1 fully saturated rings. The lowest BCUT2D eigenvalue weighted by Gasteiger charge is -2.10. The zero-order chi connectivity index (χ0) is 12.3. The number of halogens is 1. The van der Waals surface area contributed by atoms with Gasteiger partial charge in [0.05, 0.1) is 5.92 Å². The zero-order valence-corrected chi connectivity index (χ0v) is 10.3. The Morgan fingerprint density at radius 3 is 2.82 bits per heavy atom. The molecule has 92 valence electrons. The minimum absolute atomic E-state index is 0.0347. The summed E-state index contributed by atoms with van der Waals surface area (Å²) >= 11 is 5.98. The Labute approximate surface area is 106 Å². The van der Waals surface area contributed by atoms with Crippen LogP contribution in [0.3, 0.4) is 0 Å². The van der Waals surface area contributed by atoms with Gasteiger partial charge in [0.2, 0.25) is 0 Å². The Kier molecular flexibility index (Phi) is 4.02. The summed E-state index contributed by atoms with van der Waals surface area (Å²) in [6, 6.07) is 7.52. The minimum atomic E-state index is -0.155.